The molecule has 57 heavy (non-hydrogen) atoms. The Morgan fingerprint density at radius 3 is 1.49 bits per heavy atom. The van der Waals surface area contributed by atoms with Gasteiger partial charge in [-0.1, -0.05) is 164 Å². The normalized spacial score (nSPS) is 14.1. The number of ether oxygens (including phenoxy) is 2. The summed E-state index contributed by atoms with van der Waals surface area (Å²) in [6, 6.07) is 0. The zero-order valence-electron chi connectivity index (χ0n) is 37.1. The molecule has 0 aliphatic heterocycles. The van der Waals surface area contributed by atoms with E-state index in [1.165, 1.54) is 70.6 Å². The van der Waals surface area contributed by atoms with E-state index in [9.17, 15) is 19.0 Å². The van der Waals surface area contributed by atoms with E-state index in [1.807, 2.05) is 21.1 Å². The maximum atomic E-state index is 12.7. The van der Waals surface area contributed by atoms with Gasteiger partial charge in [-0.25, -0.2) is 4.57 Å². The van der Waals surface area contributed by atoms with E-state index < -0.39 is 26.5 Å². The van der Waals surface area contributed by atoms with Crippen LogP contribution in [0, 0.1) is 0 Å². The molecular formula is C47H85NO8P+. The molecule has 0 aliphatic rings. The average Bonchev–Trinajstić information content (AvgIpc) is 3.16. The molecule has 330 valence electrons. The van der Waals surface area contributed by atoms with Crippen molar-refractivity contribution >= 4 is 19.8 Å². The Bertz CT molecular complexity index is 1160. The predicted octanol–water partition coefficient (Wildman–Crippen LogP) is 12.9. The van der Waals surface area contributed by atoms with E-state index in [2.05, 4.69) is 74.6 Å². The van der Waals surface area contributed by atoms with Gasteiger partial charge in [0.15, 0.2) is 6.10 Å². The topological polar surface area (TPSA) is 108 Å². The first-order chi connectivity index (χ1) is 27.5. The fourth-order valence-corrected chi connectivity index (χ4v) is 6.55. The standard InChI is InChI=1S/C47H84NO8P/c1-6-8-10-12-14-16-18-20-22-23-24-25-26-28-30-32-34-36-38-40-47(50)56-45(44-55-57(51,52)54-42-41-48(3,4)5)43-53-46(49)39-37-35-33-31-29-27-21-19-17-15-13-11-9-7-2/h8,10,14,16,20,22,24-25,28,30,45H,6-7,9,11-13,15,17-19,21,23,26-27,29,31-44H2,1-5H3/p+1/b10-8-,16-14-,22-20-,25-24-,30-28-. The number of hydrogen-bond donors (Lipinski definition) is 1. The molecule has 2 atom stereocenters. The van der Waals surface area contributed by atoms with Crippen molar-refractivity contribution in [3.05, 3.63) is 60.8 Å². The quantitative estimate of drug-likeness (QED) is 0.0214. The molecular weight excluding hydrogens is 737 g/mol. The van der Waals surface area contributed by atoms with Crippen LogP contribution in [0.1, 0.15) is 174 Å². The summed E-state index contributed by atoms with van der Waals surface area (Å²) in [4.78, 5) is 35.4. The second-order valence-electron chi connectivity index (χ2n) is 16.1. The number of phosphoric acid groups is 1. The summed E-state index contributed by atoms with van der Waals surface area (Å²) in [7, 11) is 1.45. The number of allylic oxidation sites excluding steroid dienone is 10. The van der Waals surface area contributed by atoms with Gasteiger partial charge in [0, 0.05) is 12.8 Å². The SMILES string of the molecule is CC/C=C\C/C=C\C/C=C\C/C=C\C/C=C\CCCCCC(=O)OC(COC(=O)CCCCCCCCCCCCCCCC)COP(=O)(O)OCC[N+](C)(C)C. The highest BCUT2D eigenvalue weighted by Crippen LogP contribution is 2.43. The highest BCUT2D eigenvalue weighted by Gasteiger charge is 2.27. The first kappa shape index (κ1) is 54.7. The highest BCUT2D eigenvalue weighted by atomic mass is 31.2. The number of likely N-dealkylation sites (N-methyl/N-ethyl adjacent to an activating group) is 1. The molecule has 0 bridgehead atoms. The smallest absolute Gasteiger partial charge is 0.462 e. The second kappa shape index (κ2) is 39.2. The summed E-state index contributed by atoms with van der Waals surface area (Å²) in [5, 5.41) is 0. The van der Waals surface area contributed by atoms with Crippen molar-refractivity contribution in [3.8, 4) is 0 Å². The molecule has 0 aromatic heterocycles. The van der Waals surface area contributed by atoms with Gasteiger partial charge in [0.1, 0.15) is 19.8 Å². The minimum absolute atomic E-state index is 0.0233. The van der Waals surface area contributed by atoms with Crippen LogP contribution in [-0.2, 0) is 32.7 Å². The van der Waals surface area contributed by atoms with Crippen molar-refractivity contribution in [1.29, 1.82) is 0 Å². The van der Waals surface area contributed by atoms with Crippen LogP contribution < -0.4 is 0 Å². The molecule has 0 spiro atoms. The summed E-state index contributed by atoms with van der Waals surface area (Å²) < 4.78 is 34.3. The van der Waals surface area contributed by atoms with Crippen molar-refractivity contribution in [2.24, 2.45) is 0 Å². The largest absolute Gasteiger partial charge is 0.472 e. The molecule has 0 fully saturated rings. The first-order valence-electron chi connectivity index (χ1n) is 22.5. The Balaban J connectivity index is 4.42. The van der Waals surface area contributed by atoms with Gasteiger partial charge in [0.2, 0.25) is 0 Å². The van der Waals surface area contributed by atoms with Crippen LogP contribution in [-0.4, -0.2) is 74.9 Å². The zero-order chi connectivity index (χ0) is 42.1. The second-order valence-corrected chi connectivity index (χ2v) is 17.5. The summed E-state index contributed by atoms with van der Waals surface area (Å²) in [6.07, 6.45) is 46.9. The van der Waals surface area contributed by atoms with E-state index >= 15 is 0 Å². The van der Waals surface area contributed by atoms with Crippen molar-refractivity contribution < 1.29 is 42.1 Å². The van der Waals surface area contributed by atoms with Crippen molar-refractivity contribution in [1.82, 2.24) is 0 Å². The molecule has 0 saturated heterocycles. The lowest BCUT2D eigenvalue weighted by Gasteiger charge is -2.24. The lowest BCUT2D eigenvalue weighted by Crippen LogP contribution is -2.37. The minimum Gasteiger partial charge on any atom is -0.462 e. The van der Waals surface area contributed by atoms with E-state index in [4.69, 9.17) is 18.5 Å². The van der Waals surface area contributed by atoms with Crippen molar-refractivity contribution in [3.63, 3.8) is 0 Å². The molecule has 0 aromatic rings. The Hall–Kier alpha value is -2.29. The van der Waals surface area contributed by atoms with Crippen LogP contribution in [0.4, 0.5) is 0 Å². The number of nitrogens with zero attached hydrogens (tertiary/aromatic N) is 1. The lowest BCUT2D eigenvalue weighted by molar-refractivity contribution is -0.870. The van der Waals surface area contributed by atoms with Crippen LogP contribution >= 0.6 is 7.82 Å². The third-order valence-corrected chi connectivity index (χ3v) is 10.3. The van der Waals surface area contributed by atoms with E-state index in [0.29, 0.717) is 17.4 Å². The minimum atomic E-state index is -4.39. The van der Waals surface area contributed by atoms with Gasteiger partial charge in [-0.2, -0.15) is 0 Å². The average molecular weight is 823 g/mol. The van der Waals surface area contributed by atoms with Crippen LogP contribution in [0.2, 0.25) is 0 Å². The fourth-order valence-electron chi connectivity index (χ4n) is 5.80. The third kappa shape index (κ3) is 43.1. The number of unbranched alkanes of at least 4 members (excludes halogenated alkanes) is 16. The maximum absolute atomic E-state index is 12.7. The number of carbonyl (C=O) groups excluding carboxylic acids is 2. The molecule has 0 aromatic carbocycles. The Kier molecular flexibility index (Phi) is 37.6. The molecule has 0 radical (unpaired) electrons. The van der Waals surface area contributed by atoms with Gasteiger partial charge in [-0.15, -0.1) is 0 Å². The van der Waals surface area contributed by atoms with Gasteiger partial charge in [0.25, 0.3) is 0 Å². The zero-order valence-corrected chi connectivity index (χ0v) is 38.0. The Morgan fingerprint density at radius 2 is 1.00 bits per heavy atom. The monoisotopic (exact) mass is 823 g/mol. The van der Waals surface area contributed by atoms with Crippen LogP contribution in [0.3, 0.4) is 0 Å². The maximum Gasteiger partial charge on any atom is 0.472 e. The highest BCUT2D eigenvalue weighted by molar-refractivity contribution is 7.47. The van der Waals surface area contributed by atoms with E-state index in [0.717, 1.165) is 70.6 Å². The summed E-state index contributed by atoms with van der Waals surface area (Å²) in [5.74, 6) is -0.836. The fraction of sp³-hybridized carbons (Fsp3) is 0.745. The first-order valence-corrected chi connectivity index (χ1v) is 24.0. The van der Waals surface area contributed by atoms with Crippen molar-refractivity contribution in [2.45, 2.75) is 180 Å². The number of phosphoric ester groups is 1. The number of hydrogen-bond acceptors (Lipinski definition) is 7. The van der Waals surface area contributed by atoms with Crippen LogP contribution in [0.5, 0.6) is 0 Å². The third-order valence-electron chi connectivity index (χ3n) is 9.31. The molecule has 0 amide bonds. The molecule has 0 saturated carbocycles. The van der Waals surface area contributed by atoms with Gasteiger partial charge in [0.05, 0.1) is 27.7 Å². The van der Waals surface area contributed by atoms with Crippen LogP contribution in [0.25, 0.3) is 0 Å². The van der Waals surface area contributed by atoms with Gasteiger partial charge in [-0.3, -0.25) is 18.6 Å². The Labute approximate surface area is 349 Å². The summed E-state index contributed by atoms with van der Waals surface area (Å²) >= 11 is 0. The van der Waals surface area contributed by atoms with Gasteiger partial charge < -0.3 is 18.9 Å². The molecule has 9 nitrogen and oxygen atoms in total. The summed E-state index contributed by atoms with van der Waals surface area (Å²) in [5.41, 5.74) is 0. The van der Waals surface area contributed by atoms with E-state index in [-0.39, 0.29) is 32.0 Å². The number of esters is 2. The van der Waals surface area contributed by atoms with Crippen molar-refractivity contribution in [2.75, 3.05) is 47.5 Å². The lowest BCUT2D eigenvalue weighted by atomic mass is 10.0. The van der Waals surface area contributed by atoms with E-state index in [1.54, 1.807) is 0 Å². The Morgan fingerprint density at radius 1 is 0.561 bits per heavy atom. The molecule has 0 rings (SSSR count). The predicted molar refractivity (Wildman–Crippen MR) is 238 cm³/mol. The molecule has 0 heterocycles. The molecule has 10 heteroatoms. The molecule has 1 N–H and O–H groups in total. The van der Waals surface area contributed by atoms with Gasteiger partial charge in [-0.05, 0) is 57.8 Å². The van der Waals surface area contributed by atoms with Crippen LogP contribution in [0.15, 0.2) is 60.8 Å². The molecule has 2 unspecified atom stereocenters. The number of quaternary nitrogens is 1. The summed E-state index contributed by atoms with van der Waals surface area (Å²) in [6.45, 7) is 4.27. The molecule has 0 aliphatic carbocycles. The number of rotatable bonds is 40. The van der Waals surface area contributed by atoms with Gasteiger partial charge >= 0.3 is 19.8 Å². The number of carbonyl (C=O) groups is 2.